The third kappa shape index (κ3) is 6.58. The highest BCUT2D eigenvalue weighted by Gasteiger charge is 2.25. The molecular weight excluding hydrogens is 433 g/mol. The Hall–Kier alpha value is -2.90. The van der Waals surface area contributed by atoms with Crippen LogP contribution >= 0.6 is 0 Å². The smallest absolute Gasteiger partial charge is 0.407 e. The average molecular weight is 470 g/mol. The summed E-state index contributed by atoms with van der Waals surface area (Å²) in [7, 11) is 0. The van der Waals surface area contributed by atoms with Gasteiger partial charge in [-0.1, -0.05) is 12.1 Å². The average Bonchev–Trinajstić information content (AvgIpc) is 2.81. The number of hydrogen-bond donors (Lipinski definition) is 2. The van der Waals surface area contributed by atoms with Crippen LogP contribution in [0.3, 0.4) is 0 Å². The molecule has 1 aliphatic carbocycles. The summed E-state index contributed by atoms with van der Waals surface area (Å²) >= 11 is 0. The van der Waals surface area contributed by atoms with E-state index in [0.29, 0.717) is 11.6 Å². The number of benzene rings is 1. The molecule has 1 aromatic heterocycles. The minimum atomic E-state index is -0.506. The first-order chi connectivity index (χ1) is 16.3. The summed E-state index contributed by atoms with van der Waals surface area (Å²) in [4.78, 5) is 23.1. The fourth-order valence-corrected chi connectivity index (χ4v) is 4.68. The second kappa shape index (κ2) is 10.6. The highest BCUT2D eigenvalue weighted by molar-refractivity contribution is 5.68. The first kappa shape index (κ1) is 24.2. The molecule has 0 bridgehead atoms. The minimum absolute atomic E-state index is 0.0927. The molecule has 2 N–H and O–H groups in total. The third-order valence-corrected chi connectivity index (χ3v) is 6.37. The number of anilines is 2. The van der Waals surface area contributed by atoms with Crippen LogP contribution in [0.5, 0.6) is 0 Å². The molecule has 8 heteroatoms. The van der Waals surface area contributed by atoms with Crippen LogP contribution in [0.1, 0.15) is 65.7 Å². The van der Waals surface area contributed by atoms with E-state index in [1.54, 1.807) is 0 Å². The quantitative estimate of drug-likeness (QED) is 0.600. The lowest BCUT2D eigenvalue weighted by molar-refractivity contribution is 0.0492. The molecule has 0 radical (unpaired) electrons. The third-order valence-electron chi connectivity index (χ3n) is 6.37. The van der Waals surface area contributed by atoms with Gasteiger partial charge in [-0.05, 0) is 77.8 Å². The second-order valence-electron chi connectivity index (χ2n) is 10.3. The van der Waals surface area contributed by atoms with Gasteiger partial charge in [0.15, 0.2) is 5.82 Å². The molecule has 1 saturated heterocycles. The van der Waals surface area contributed by atoms with Crippen LogP contribution in [0.4, 0.5) is 20.8 Å². The lowest BCUT2D eigenvalue weighted by Crippen LogP contribution is -2.42. The van der Waals surface area contributed by atoms with Crippen LogP contribution in [0.2, 0.25) is 0 Å². The van der Waals surface area contributed by atoms with Crippen molar-refractivity contribution in [2.75, 3.05) is 23.3 Å². The van der Waals surface area contributed by atoms with Gasteiger partial charge in [0.25, 0.3) is 0 Å². The van der Waals surface area contributed by atoms with Crippen LogP contribution in [0, 0.1) is 5.82 Å². The molecule has 7 nitrogen and oxygen atoms in total. The van der Waals surface area contributed by atoms with E-state index >= 15 is 0 Å². The second-order valence-corrected chi connectivity index (χ2v) is 10.3. The molecule has 34 heavy (non-hydrogen) atoms. The molecule has 1 amide bonds. The number of ether oxygens (including phenoxy) is 1. The molecular formula is C26H36FN5O2. The van der Waals surface area contributed by atoms with Gasteiger partial charge in [0.2, 0.25) is 5.95 Å². The topological polar surface area (TPSA) is 79.4 Å². The van der Waals surface area contributed by atoms with E-state index in [4.69, 9.17) is 4.74 Å². The van der Waals surface area contributed by atoms with Crippen molar-refractivity contribution in [3.8, 4) is 11.3 Å². The van der Waals surface area contributed by atoms with Gasteiger partial charge in [-0.2, -0.15) is 0 Å². The highest BCUT2D eigenvalue weighted by atomic mass is 19.1. The normalized spacial score (nSPS) is 21.1. The van der Waals surface area contributed by atoms with Crippen molar-refractivity contribution in [3.05, 3.63) is 36.3 Å². The van der Waals surface area contributed by atoms with E-state index in [9.17, 15) is 9.18 Å². The Kier molecular flexibility index (Phi) is 7.54. The van der Waals surface area contributed by atoms with E-state index in [-0.39, 0.29) is 18.2 Å². The van der Waals surface area contributed by atoms with Crippen molar-refractivity contribution in [2.45, 2.75) is 83.4 Å². The Bertz CT molecular complexity index is 979. The standard InChI is InChI=1S/C26H36FN5O2/c1-26(2,3)34-25(33)30-20-12-10-19(11-13-20)29-24-28-17-22(27)23(31-24)18-8-7-9-21(16-18)32-14-5-4-6-15-32/h7-9,16-17,19-20H,4-6,10-15H2,1-3H3,(H,30,33)(H,28,29,31)/t19-,20-. The molecule has 0 atom stereocenters. The Labute approximate surface area is 201 Å². The monoisotopic (exact) mass is 469 g/mol. The molecule has 2 aliphatic rings. The number of alkyl carbamates (subject to hydrolysis) is 1. The predicted octanol–water partition coefficient (Wildman–Crippen LogP) is 5.52. The maximum Gasteiger partial charge on any atom is 0.407 e. The minimum Gasteiger partial charge on any atom is -0.444 e. The van der Waals surface area contributed by atoms with Crippen LogP contribution in [0.25, 0.3) is 11.3 Å². The zero-order valence-corrected chi connectivity index (χ0v) is 20.4. The Balaban J connectivity index is 1.37. The number of hydrogen-bond acceptors (Lipinski definition) is 6. The van der Waals surface area contributed by atoms with Gasteiger partial charge in [0.1, 0.15) is 11.3 Å². The van der Waals surface area contributed by atoms with Crippen molar-refractivity contribution in [1.29, 1.82) is 0 Å². The van der Waals surface area contributed by atoms with Crippen LogP contribution in [-0.2, 0) is 4.74 Å². The summed E-state index contributed by atoms with van der Waals surface area (Å²) < 4.78 is 20.0. The van der Waals surface area contributed by atoms with E-state index in [1.165, 1.54) is 25.5 Å². The van der Waals surface area contributed by atoms with Crippen LogP contribution in [0.15, 0.2) is 30.5 Å². The number of piperidine rings is 1. The van der Waals surface area contributed by atoms with Gasteiger partial charge < -0.3 is 20.3 Å². The molecule has 0 spiro atoms. The van der Waals surface area contributed by atoms with Gasteiger partial charge in [-0.3, -0.25) is 0 Å². The lowest BCUT2D eigenvalue weighted by atomic mass is 9.91. The summed E-state index contributed by atoms with van der Waals surface area (Å²) in [5.41, 5.74) is 1.68. The molecule has 2 fully saturated rings. The van der Waals surface area contributed by atoms with E-state index in [0.717, 1.165) is 50.0 Å². The van der Waals surface area contributed by atoms with Crippen molar-refractivity contribution in [2.24, 2.45) is 0 Å². The lowest BCUT2D eigenvalue weighted by Gasteiger charge is -2.30. The predicted molar refractivity (Wildman–Crippen MR) is 133 cm³/mol. The first-order valence-electron chi connectivity index (χ1n) is 12.4. The van der Waals surface area contributed by atoms with Gasteiger partial charge >= 0.3 is 6.09 Å². The summed E-state index contributed by atoms with van der Waals surface area (Å²) in [6, 6.07) is 8.23. The van der Waals surface area contributed by atoms with Crippen molar-refractivity contribution >= 4 is 17.7 Å². The summed E-state index contributed by atoms with van der Waals surface area (Å²) in [5.74, 6) is 0.00920. The molecule has 2 aromatic rings. The summed E-state index contributed by atoms with van der Waals surface area (Å²) in [6.07, 6.45) is 7.92. The van der Waals surface area contributed by atoms with Gasteiger partial charge in [0.05, 0.1) is 6.20 Å². The zero-order valence-electron chi connectivity index (χ0n) is 20.4. The Morgan fingerprint density at radius 1 is 1.09 bits per heavy atom. The van der Waals surface area contributed by atoms with Crippen molar-refractivity contribution < 1.29 is 13.9 Å². The van der Waals surface area contributed by atoms with Crippen LogP contribution in [-0.4, -0.2) is 46.8 Å². The number of halogens is 1. The number of carbonyl (C=O) groups is 1. The number of rotatable bonds is 5. The Morgan fingerprint density at radius 3 is 2.50 bits per heavy atom. The zero-order chi connectivity index (χ0) is 24.1. The van der Waals surface area contributed by atoms with Crippen molar-refractivity contribution in [3.63, 3.8) is 0 Å². The molecule has 2 heterocycles. The first-order valence-corrected chi connectivity index (χ1v) is 12.4. The largest absolute Gasteiger partial charge is 0.444 e. The number of amides is 1. The summed E-state index contributed by atoms with van der Waals surface area (Å²) in [5, 5.41) is 6.32. The molecule has 1 aliphatic heterocycles. The van der Waals surface area contributed by atoms with E-state index in [1.807, 2.05) is 39.0 Å². The molecule has 0 unspecified atom stereocenters. The number of aromatic nitrogens is 2. The Morgan fingerprint density at radius 2 is 1.79 bits per heavy atom. The van der Waals surface area contributed by atoms with Gasteiger partial charge in [-0.15, -0.1) is 0 Å². The maximum atomic E-state index is 14.7. The maximum absolute atomic E-state index is 14.7. The van der Waals surface area contributed by atoms with Crippen LogP contribution < -0.4 is 15.5 Å². The number of carbonyl (C=O) groups excluding carboxylic acids is 1. The molecule has 1 saturated carbocycles. The molecule has 1 aromatic carbocycles. The fourth-order valence-electron chi connectivity index (χ4n) is 4.68. The number of nitrogens with zero attached hydrogens (tertiary/aromatic N) is 3. The fraction of sp³-hybridized carbons (Fsp3) is 0.577. The SMILES string of the molecule is CC(C)(C)OC(=O)N[C@H]1CC[C@H](Nc2ncc(F)c(-c3cccc(N4CCCCC4)c3)n2)CC1. The van der Waals surface area contributed by atoms with Gasteiger partial charge in [-0.25, -0.2) is 19.2 Å². The summed E-state index contributed by atoms with van der Waals surface area (Å²) in [6.45, 7) is 7.64. The molecule has 184 valence electrons. The molecule has 4 rings (SSSR count). The highest BCUT2D eigenvalue weighted by Crippen LogP contribution is 2.28. The number of nitrogens with one attached hydrogen (secondary N) is 2. The van der Waals surface area contributed by atoms with Crippen molar-refractivity contribution in [1.82, 2.24) is 15.3 Å². The van der Waals surface area contributed by atoms with E-state index < -0.39 is 11.4 Å². The van der Waals surface area contributed by atoms with E-state index in [2.05, 4.69) is 31.6 Å². The van der Waals surface area contributed by atoms with Gasteiger partial charge in [0, 0.05) is 36.4 Å².